The first-order valence-electron chi connectivity index (χ1n) is 2.94. The van der Waals surface area contributed by atoms with E-state index in [-0.39, 0.29) is 5.54 Å². The van der Waals surface area contributed by atoms with Gasteiger partial charge >= 0.3 is 0 Å². The molecule has 0 spiro atoms. The van der Waals surface area contributed by atoms with Gasteiger partial charge in [-0.1, -0.05) is 0 Å². The van der Waals surface area contributed by atoms with Crippen LogP contribution >= 0.6 is 0 Å². The molecule has 1 aliphatic rings. The van der Waals surface area contributed by atoms with Gasteiger partial charge in [0.2, 0.25) is 0 Å². The van der Waals surface area contributed by atoms with Gasteiger partial charge in [-0.25, -0.2) is 0 Å². The lowest BCUT2D eigenvalue weighted by atomic mass is 10.2. The highest BCUT2D eigenvalue weighted by Crippen LogP contribution is 2.39. The topological polar surface area (TPSA) is 12.2 Å². The standard InChI is InChI=1S/C6H13NO/c1-5-6(2,3)7(5)8-4/h5H,1-4H3/t5-,7?/m1/s1. The predicted octanol–water partition coefficient (Wildman–Crippen LogP) is 1.03. The lowest BCUT2D eigenvalue weighted by Gasteiger charge is -1.99. The Morgan fingerprint density at radius 3 is 1.88 bits per heavy atom. The van der Waals surface area contributed by atoms with Crippen molar-refractivity contribution in [2.75, 3.05) is 7.11 Å². The molecule has 0 saturated carbocycles. The van der Waals surface area contributed by atoms with Crippen LogP contribution in [0.5, 0.6) is 0 Å². The molecule has 1 rings (SSSR count). The number of nitrogens with zero attached hydrogens (tertiary/aromatic N) is 1. The first-order chi connectivity index (χ1) is 3.60. The number of rotatable bonds is 1. The zero-order valence-corrected chi connectivity index (χ0v) is 5.93. The van der Waals surface area contributed by atoms with Crippen LogP contribution in [0.2, 0.25) is 0 Å². The van der Waals surface area contributed by atoms with Crippen molar-refractivity contribution in [3.05, 3.63) is 0 Å². The van der Waals surface area contributed by atoms with Crippen LogP contribution in [0.3, 0.4) is 0 Å². The summed E-state index contributed by atoms with van der Waals surface area (Å²) in [5, 5.41) is 1.98. The maximum absolute atomic E-state index is 5.02. The molecule has 48 valence electrons. The Balaban J connectivity index is 2.45. The Bertz CT molecular complexity index is 101. The van der Waals surface area contributed by atoms with Crippen LogP contribution in [0.15, 0.2) is 0 Å². The van der Waals surface area contributed by atoms with Crippen LogP contribution in [0.25, 0.3) is 0 Å². The Kier molecular flexibility index (Phi) is 1.10. The minimum Gasteiger partial charge on any atom is -0.301 e. The summed E-state index contributed by atoms with van der Waals surface area (Å²) in [6, 6.07) is 0.590. The third kappa shape index (κ3) is 0.565. The summed E-state index contributed by atoms with van der Waals surface area (Å²) >= 11 is 0. The summed E-state index contributed by atoms with van der Waals surface area (Å²) in [6.45, 7) is 6.49. The molecule has 0 radical (unpaired) electrons. The van der Waals surface area contributed by atoms with Crippen molar-refractivity contribution in [3.63, 3.8) is 0 Å². The van der Waals surface area contributed by atoms with Gasteiger partial charge in [-0.15, -0.1) is 0 Å². The van der Waals surface area contributed by atoms with E-state index >= 15 is 0 Å². The maximum atomic E-state index is 5.02. The highest BCUT2D eigenvalue weighted by molar-refractivity contribution is 5.03. The summed E-state index contributed by atoms with van der Waals surface area (Å²) in [6.07, 6.45) is 0. The summed E-state index contributed by atoms with van der Waals surface area (Å²) in [5.41, 5.74) is 0.286. The molecule has 0 aromatic heterocycles. The first-order valence-corrected chi connectivity index (χ1v) is 2.94. The highest BCUT2D eigenvalue weighted by atomic mass is 16.7. The second-order valence-corrected chi connectivity index (χ2v) is 2.84. The zero-order valence-electron chi connectivity index (χ0n) is 5.93. The van der Waals surface area contributed by atoms with E-state index in [4.69, 9.17) is 4.84 Å². The Morgan fingerprint density at radius 1 is 1.50 bits per heavy atom. The van der Waals surface area contributed by atoms with E-state index in [1.807, 2.05) is 5.06 Å². The van der Waals surface area contributed by atoms with Crippen LogP contribution in [-0.2, 0) is 4.84 Å². The maximum Gasteiger partial charge on any atom is 0.0586 e. The predicted molar refractivity (Wildman–Crippen MR) is 32.4 cm³/mol. The fourth-order valence-corrected chi connectivity index (χ4v) is 1.04. The van der Waals surface area contributed by atoms with E-state index < -0.39 is 0 Å². The molecule has 1 fully saturated rings. The van der Waals surface area contributed by atoms with Gasteiger partial charge < -0.3 is 4.84 Å². The molecular weight excluding hydrogens is 102 g/mol. The number of hydroxylamine groups is 2. The molecule has 2 heteroatoms. The Labute approximate surface area is 50.4 Å². The molecule has 1 aliphatic heterocycles. The monoisotopic (exact) mass is 115 g/mol. The fourth-order valence-electron chi connectivity index (χ4n) is 1.04. The molecule has 8 heavy (non-hydrogen) atoms. The van der Waals surface area contributed by atoms with Crippen molar-refractivity contribution in [1.82, 2.24) is 5.06 Å². The van der Waals surface area contributed by atoms with E-state index in [0.717, 1.165) is 0 Å². The van der Waals surface area contributed by atoms with Crippen molar-refractivity contribution >= 4 is 0 Å². The molecule has 2 nitrogen and oxygen atoms in total. The third-order valence-electron chi connectivity index (χ3n) is 2.07. The lowest BCUT2D eigenvalue weighted by molar-refractivity contribution is -0.0586. The molecule has 1 unspecified atom stereocenters. The molecule has 1 saturated heterocycles. The molecule has 0 aliphatic carbocycles. The second-order valence-electron chi connectivity index (χ2n) is 2.84. The Hall–Kier alpha value is -0.0800. The normalized spacial score (nSPS) is 42.0. The third-order valence-corrected chi connectivity index (χ3v) is 2.07. The van der Waals surface area contributed by atoms with Crippen molar-refractivity contribution in [2.45, 2.75) is 32.4 Å². The highest BCUT2D eigenvalue weighted by Gasteiger charge is 2.53. The molecule has 0 aromatic rings. The second kappa shape index (κ2) is 1.45. The van der Waals surface area contributed by atoms with Crippen LogP contribution in [-0.4, -0.2) is 23.8 Å². The van der Waals surface area contributed by atoms with Gasteiger partial charge in [-0.3, -0.25) is 0 Å². The molecule has 0 N–H and O–H groups in total. The average molecular weight is 115 g/mol. The van der Waals surface area contributed by atoms with E-state index in [2.05, 4.69) is 20.8 Å². The minimum atomic E-state index is 0.286. The van der Waals surface area contributed by atoms with Crippen molar-refractivity contribution in [3.8, 4) is 0 Å². The molecular formula is C6H13NO. The molecule has 0 aromatic carbocycles. The molecule has 1 heterocycles. The number of hydrogen-bond acceptors (Lipinski definition) is 2. The average Bonchev–Trinajstić information content (AvgIpc) is 2.09. The quantitative estimate of drug-likeness (QED) is 0.473. The van der Waals surface area contributed by atoms with Gasteiger partial charge in [-0.2, -0.15) is 5.06 Å². The lowest BCUT2D eigenvalue weighted by Crippen LogP contribution is -2.06. The summed E-state index contributed by atoms with van der Waals surface area (Å²) < 4.78 is 0. The zero-order chi connectivity index (χ0) is 6.36. The van der Waals surface area contributed by atoms with Crippen LogP contribution in [0.1, 0.15) is 20.8 Å². The number of hydrogen-bond donors (Lipinski definition) is 0. The summed E-state index contributed by atoms with van der Waals surface area (Å²) in [7, 11) is 1.71. The molecule has 2 atom stereocenters. The molecule has 0 bridgehead atoms. The van der Waals surface area contributed by atoms with E-state index in [9.17, 15) is 0 Å². The van der Waals surface area contributed by atoms with Crippen molar-refractivity contribution < 1.29 is 4.84 Å². The fraction of sp³-hybridized carbons (Fsp3) is 1.00. The van der Waals surface area contributed by atoms with Gasteiger partial charge in [0, 0.05) is 0 Å². The smallest absolute Gasteiger partial charge is 0.0586 e. The van der Waals surface area contributed by atoms with Crippen molar-refractivity contribution in [2.24, 2.45) is 0 Å². The van der Waals surface area contributed by atoms with Gasteiger partial charge in [0.1, 0.15) is 0 Å². The van der Waals surface area contributed by atoms with Gasteiger partial charge in [0.05, 0.1) is 18.7 Å². The minimum absolute atomic E-state index is 0.286. The van der Waals surface area contributed by atoms with Crippen LogP contribution in [0.4, 0.5) is 0 Å². The summed E-state index contributed by atoms with van der Waals surface area (Å²) in [5.74, 6) is 0. The SMILES string of the molecule is CON1[C@H](C)C1(C)C. The van der Waals surface area contributed by atoms with Crippen molar-refractivity contribution in [1.29, 1.82) is 0 Å². The van der Waals surface area contributed by atoms with E-state index in [0.29, 0.717) is 6.04 Å². The summed E-state index contributed by atoms with van der Waals surface area (Å²) in [4.78, 5) is 5.02. The largest absolute Gasteiger partial charge is 0.301 e. The van der Waals surface area contributed by atoms with Crippen LogP contribution < -0.4 is 0 Å². The van der Waals surface area contributed by atoms with E-state index in [1.54, 1.807) is 7.11 Å². The molecule has 0 amide bonds. The van der Waals surface area contributed by atoms with Gasteiger partial charge in [-0.05, 0) is 20.8 Å². The Morgan fingerprint density at radius 2 is 1.88 bits per heavy atom. The van der Waals surface area contributed by atoms with Gasteiger partial charge in [0.15, 0.2) is 0 Å². The van der Waals surface area contributed by atoms with E-state index in [1.165, 1.54) is 0 Å². The first kappa shape index (κ1) is 6.05. The van der Waals surface area contributed by atoms with Gasteiger partial charge in [0.25, 0.3) is 0 Å². The van der Waals surface area contributed by atoms with Crippen LogP contribution in [0, 0.1) is 0 Å².